The molecule has 0 unspecified atom stereocenters. The first kappa shape index (κ1) is 36.1. The first-order chi connectivity index (χ1) is 22.0. The van der Waals surface area contributed by atoms with Crippen LogP contribution >= 0.6 is 0 Å². The van der Waals surface area contributed by atoms with Gasteiger partial charge in [0.1, 0.15) is 12.2 Å². The van der Waals surface area contributed by atoms with Crippen LogP contribution in [0.1, 0.15) is 94.4 Å². The van der Waals surface area contributed by atoms with Crippen LogP contribution in [0.3, 0.4) is 0 Å². The molecule has 47 heavy (non-hydrogen) atoms. The highest BCUT2D eigenvalue weighted by molar-refractivity contribution is 5.89. The van der Waals surface area contributed by atoms with Crippen LogP contribution in [-0.2, 0) is 61.9 Å². The molecule has 13 heteroatoms. The molecule has 0 amide bonds. The monoisotopic (exact) mass is 662 g/mol. The van der Waals surface area contributed by atoms with Gasteiger partial charge in [-0.3, -0.25) is 24.0 Å². The summed E-state index contributed by atoms with van der Waals surface area (Å²) in [7, 11) is 0. The summed E-state index contributed by atoms with van der Waals surface area (Å²) in [5.41, 5.74) is -3.71. The summed E-state index contributed by atoms with van der Waals surface area (Å²) in [6.07, 6.45) is -3.27. The van der Waals surface area contributed by atoms with Gasteiger partial charge in [-0.05, 0) is 45.3 Å². The van der Waals surface area contributed by atoms with Crippen molar-refractivity contribution < 1.29 is 61.9 Å². The summed E-state index contributed by atoms with van der Waals surface area (Å²) < 4.78 is 42.3. The molecule has 13 nitrogen and oxygen atoms in total. The highest BCUT2D eigenvalue weighted by Gasteiger charge is 2.87. The molecule has 1 spiro atoms. The second-order valence-electron chi connectivity index (χ2n) is 13.2. The molecule has 4 rings (SSSR count). The molecule has 0 bridgehead atoms. The molecule has 0 aromatic carbocycles. The van der Waals surface area contributed by atoms with E-state index in [2.05, 4.69) is 0 Å². The van der Waals surface area contributed by atoms with Crippen LogP contribution in [0.2, 0.25) is 0 Å². The lowest BCUT2D eigenvalue weighted by molar-refractivity contribution is -0.224. The Labute approximate surface area is 274 Å². The van der Waals surface area contributed by atoms with Gasteiger partial charge in [-0.1, -0.05) is 32.4 Å². The Bertz CT molecular complexity index is 1380. The average molecular weight is 663 g/mol. The van der Waals surface area contributed by atoms with Crippen molar-refractivity contribution in [3.05, 3.63) is 23.3 Å². The molecule has 0 N–H and O–H groups in total. The van der Waals surface area contributed by atoms with Crippen LogP contribution in [-0.4, -0.2) is 83.6 Å². The number of carbonyl (C=O) groups is 6. The number of hydrogen-bond acceptors (Lipinski definition) is 13. The van der Waals surface area contributed by atoms with Gasteiger partial charge >= 0.3 is 35.8 Å². The minimum absolute atomic E-state index is 0.000254. The Morgan fingerprint density at radius 2 is 1.36 bits per heavy atom. The van der Waals surface area contributed by atoms with Crippen molar-refractivity contribution in [1.82, 2.24) is 0 Å². The minimum atomic E-state index is -1.57. The molecule has 2 heterocycles. The topological polar surface area (TPSA) is 170 Å². The summed E-state index contributed by atoms with van der Waals surface area (Å²) in [4.78, 5) is 78.3. The predicted octanol–water partition coefficient (Wildman–Crippen LogP) is 3.59. The fourth-order valence-electron chi connectivity index (χ4n) is 7.64. The molecule has 260 valence electrons. The zero-order valence-corrected chi connectivity index (χ0v) is 28.5. The maximum absolute atomic E-state index is 13.4. The number of esters is 6. The first-order valence-electron chi connectivity index (χ1n) is 16.1. The molecule has 2 aliphatic carbocycles. The second-order valence-corrected chi connectivity index (χ2v) is 13.2. The van der Waals surface area contributed by atoms with E-state index in [1.807, 2.05) is 6.08 Å². The fourth-order valence-corrected chi connectivity index (χ4v) is 7.64. The summed E-state index contributed by atoms with van der Waals surface area (Å²) in [6.45, 7) is 13.8. The maximum Gasteiger partial charge on any atom is 0.342 e. The van der Waals surface area contributed by atoms with E-state index in [1.54, 1.807) is 41.5 Å². The number of epoxide rings is 1. The van der Waals surface area contributed by atoms with Crippen molar-refractivity contribution in [2.45, 2.75) is 142 Å². The molecule has 0 aromatic heterocycles. The van der Waals surface area contributed by atoms with Crippen molar-refractivity contribution in [3.8, 4) is 0 Å². The van der Waals surface area contributed by atoms with E-state index in [4.69, 9.17) is 33.2 Å². The quantitative estimate of drug-likeness (QED) is 0.152. The molecule has 2 fully saturated rings. The Kier molecular flexibility index (Phi) is 10.3. The van der Waals surface area contributed by atoms with Crippen molar-refractivity contribution >= 4 is 35.8 Å². The van der Waals surface area contributed by atoms with Crippen molar-refractivity contribution in [2.24, 2.45) is 11.3 Å². The lowest BCUT2D eigenvalue weighted by Crippen LogP contribution is -2.66. The molecular formula is C34H46O13. The molecule has 4 aliphatic rings. The third-order valence-corrected chi connectivity index (χ3v) is 9.76. The number of hydrogen-bond donors (Lipinski definition) is 0. The van der Waals surface area contributed by atoms with E-state index >= 15 is 0 Å². The molecule has 10 atom stereocenters. The first-order valence-corrected chi connectivity index (χ1v) is 16.1. The average Bonchev–Trinajstić information content (AvgIpc) is 3.55. The number of carbonyl (C=O) groups excluding carboxylic acids is 6. The van der Waals surface area contributed by atoms with Crippen LogP contribution in [0.25, 0.3) is 0 Å². The van der Waals surface area contributed by atoms with Crippen molar-refractivity contribution in [3.63, 3.8) is 0 Å². The van der Waals surface area contributed by atoms with Gasteiger partial charge in [0.05, 0.1) is 5.41 Å². The molecule has 2 aliphatic heterocycles. The molecular weight excluding hydrogens is 616 g/mol. The van der Waals surface area contributed by atoms with E-state index in [9.17, 15) is 28.8 Å². The number of ether oxygens (including phenoxy) is 7. The highest BCUT2D eigenvalue weighted by atomic mass is 16.7. The fraction of sp³-hybridized carbons (Fsp3) is 0.706. The number of rotatable bonds is 9. The van der Waals surface area contributed by atoms with Crippen LogP contribution in [0.4, 0.5) is 0 Å². The third kappa shape index (κ3) is 6.30. The minimum Gasteiger partial charge on any atom is -0.461 e. The summed E-state index contributed by atoms with van der Waals surface area (Å²) in [5.74, 6) is -5.02. The van der Waals surface area contributed by atoms with Gasteiger partial charge in [-0.25, -0.2) is 4.79 Å². The maximum atomic E-state index is 13.4. The smallest absolute Gasteiger partial charge is 0.342 e. The van der Waals surface area contributed by atoms with E-state index in [-0.39, 0.29) is 19.3 Å². The Morgan fingerprint density at radius 1 is 0.809 bits per heavy atom. The number of fused-ring (bicyclic) bond motifs is 1. The summed E-state index contributed by atoms with van der Waals surface area (Å²) >= 11 is 0. The van der Waals surface area contributed by atoms with Gasteiger partial charge in [0.2, 0.25) is 0 Å². The van der Waals surface area contributed by atoms with Crippen LogP contribution < -0.4 is 0 Å². The van der Waals surface area contributed by atoms with Gasteiger partial charge < -0.3 is 33.2 Å². The molecule has 0 aromatic rings. The van der Waals surface area contributed by atoms with Crippen LogP contribution in [0.5, 0.6) is 0 Å². The van der Waals surface area contributed by atoms with E-state index in [1.165, 1.54) is 26.8 Å². The van der Waals surface area contributed by atoms with Crippen LogP contribution in [0.15, 0.2) is 23.3 Å². The van der Waals surface area contributed by atoms with E-state index < -0.39 is 95.0 Å². The van der Waals surface area contributed by atoms with Crippen LogP contribution in [0, 0.1) is 11.3 Å². The van der Waals surface area contributed by atoms with E-state index in [0.29, 0.717) is 24.0 Å². The lowest BCUT2D eigenvalue weighted by Gasteiger charge is -2.54. The zero-order chi connectivity index (χ0) is 35.1. The zero-order valence-electron chi connectivity index (χ0n) is 28.5. The highest BCUT2D eigenvalue weighted by Crippen LogP contribution is 2.65. The Balaban J connectivity index is 2.12. The standard InChI is InChI=1S/C34H46O13/c1-10-12-24(38)45-27-18(4)16-23-34(33(9,47-34)31(40)44-23)29(42-20(6)36)26-17(3)14-15-22(41-19(5)35)32(26,8)30(43-21(7)37)28(27)46-25(39)13-11-2/h14,16,22-23,26-30H,10-13,15H2,1-9H3/b18-16-/t22-,23-,26+,27+,28-,29-,30-,32-,33-,34-/m0/s1. The van der Waals surface area contributed by atoms with E-state index in [0.717, 1.165) is 0 Å². The van der Waals surface area contributed by atoms with Crippen molar-refractivity contribution in [2.75, 3.05) is 0 Å². The third-order valence-electron chi connectivity index (χ3n) is 9.76. The van der Waals surface area contributed by atoms with Gasteiger partial charge in [-0.15, -0.1) is 0 Å². The van der Waals surface area contributed by atoms with Gasteiger partial charge in [0, 0.05) is 46.0 Å². The largest absolute Gasteiger partial charge is 0.461 e. The molecule has 2 saturated heterocycles. The Morgan fingerprint density at radius 3 is 1.89 bits per heavy atom. The SMILES string of the molecule is CCCC(=O)O[C@H]1[C@H](OC(=O)CCC)/C(C)=C\[C@@H]2OC(=O)[C@]3(C)O[C@]23[C@@H](OC(C)=O)[C@H]2C(C)=CC[C@H](OC(C)=O)[C@]2(C)[C@H]1OC(C)=O. The van der Waals surface area contributed by atoms with Crippen molar-refractivity contribution in [1.29, 1.82) is 0 Å². The summed E-state index contributed by atoms with van der Waals surface area (Å²) in [6, 6.07) is 0. The predicted molar refractivity (Wildman–Crippen MR) is 162 cm³/mol. The second kappa shape index (κ2) is 13.4. The lowest BCUT2D eigenvalue weighted by atomic mass is 9.56. The normalized spacial score (nSPS) is 38.4. The Hall–Kier alpha value is -3.74. The van der Waals surface area contributed by atoms with Gasteiger partial charge in [0.25, 0.3) is 0 Å². The van der Waals surface area contributed by atoms with Gasteiger partial charge in [0.15, 0.2) is 35.6 Å². The summed E-state index contributed by atoms with van der Waals surface area (Å²) in [5, 5.41) is 0. The molecule has 0 radical (unpaired) electrons. The van der Waals surface area contributed by atoms with Gasteiger partial charge in [-0.2, -0.15) is 0 Å². The molecule has 0 saturated carbocycles.